The first kappa shape index (κ1) is 20.3. The number of benzene rings is 1. The molecule has 0 atom stereocenters. The minimum atomic E-state index is -1.13. The fraction of sp³-hybridized carbons (Fsp3) is 0. The average molecular weight is 377 g/mol. The van der Waals surface area contributed by atoms with Crippen molar-refractivity contribution in [3.63, 3.8) is 0 Å². The molecule has 2 N–H and O–H groups in total. The number of fused-ring (bicyclic) bond motifs is 1. The molecular weight excluding hydrogens is 358 g/mol. The van der Waals surface area contributed by atoms with Crippen LogP contribution in [0.3, 0.4) is 0 Å². The van der Waals surface area contributed by atoms with Crippen molar-refractivity contribution >= 4 is 12.0 Å². The van der Waals surface area contributed by atoms with E-state index in [-0.39, 0.29) is 5.57 Å². The summed E-state index contributed by atoms with van der Waals surface area (Å²) in [5, 5.41) is 16.2. The van der Waals surface area contributed by atoms with Gasteiger partial charge in [0.05, 0.1) is 11.8 Å². The van der Waals surface area contributed by atoms with Gasteiger partial charge >= 0.3 is 5.97 Å². The van der Waals surface area contributed by atoms with Crippen LogP contribution in [0.2, 0.25) is 0 Å². The SMILES string of the molecule is O=C(O)C1=C/N=N\NOOc2ccccc2/C=C\C=C/C=C\C=C/C=C/C=C\1. The molecular formula is C21H19N3O4. The zero-order valence-corrected chi connectivity index (χ0v) is 14.9. The lowest BCUT2D eigenvalue weighted by Crippen LogP contribution is -2.10. The smallest absolute Gasteiger partial charge is 0.337 e. The van der Waals surface area contributed by atoms with Gasteiger partial charge in [0.25, 0.3) is 0 Å². The quantitative estimate of drug-likeness (QED) is 0.695. The van der Waals surface area contributed by atoms with Crippen molar-refractivity contribution in [1.29, 1.82) is 0 Å². The van der Waals surface area contributed by atoms with Gasteiger partial charge in [0, 0.05) is 5.56 Å². The number of aliphatic carboxylic acids is 1. The van der Waals surface area contributed by atoms with Gasteiger partial charge in [-0.3, -0.25) is 0 Å². The Morgan fingerprint density at radius 2 is 1.46 bits per heavy atom. The number of nitrogens with zero attached hydrogens (tertiary/aromatic N) is 2. The minimum Gasteiger partial charge on any atom is -0.478 e. The molecule has 28 heavy (non-hydrogen) atoms. The Bertz CT molecular complexity index is 891. The summed E-state index contributed by atoms with van der Waals surface area (Å²) in [6.45, 7) is 0. The Balaban J connectivity index is 2.18. The van der Waals surface area contributed by atoms with Gasteiger partial charge in [0.2, 0.25) is 0 Å². The van der Waals surface area contributed by atoms with Crippen molar-refractivity contribution in [1.82, 2.24) is 5.59 Å². The largest absolute Gasteiger partial charge is 0.478 e. The first-order valence-electron chi connectivity index (χ1n) is 8.29. The van der Waals surface area contributed by atoms with Crippen LogP contribution in [0.15, 0.2) is 113 Å². The molecule has 1 aromatic rings. The van der Waals surface area contributed by atoms with Gasteiger partial charge in [-0.05, 0) is 22.4 Å². The minimum absolute atomic E-state index is 0.0495. The van der Waals surface area contributed by atoms with Crippen molar-refractivity contribution in [3.8, 4) is 5.75 Å². The van der Waals surface area contributed by atoms with Gasteiger partial charge in [0.15, 0.2) is 5.75 Å². The van der Waals surface area contributed by atoms with E-state index in [4.69, 9.17) is 15.0 Å². The molecule has 0 fully saturated rings. The molecule has 0 aliphatic carbocycles. The summed E-state index contributed by atoms with van der Waals surface area (Å²) >= 11 is 0. The summed E-state index contributed by atoms with van der Waals surface area (Å²) in [4.78, 5) is 21.1. The summed E-state index contributed by atoms with van der Waals surface area (Å²) in [6, 6.07) is 7.25. The fourth-order valence-electron chi connectivity index (χ4n) is 1.89. The average Bonchev–Trinajstić information content (AvgIpc) is 2.69. The number of allylic oxidation sites excluding steroid dienone is 10. The molecule has 0 bridgehead atoms. The van der Waals surface area contributed by atoms with E-state index < -0.39 is 5.97 Å². The van der Waals surface area contributed by atoms with Crippen LogP contribution in [0.25, 0.3) is 6.08 Å². The molecule has 142 valence electrons. The van der Waals surface area contributed by atoms with Crippen molar-refractivity contribution in [2.24, 2.45) is 10.3 Å². The first-order valence-corrected chi connectivity index (χ1v) is 8.29. The summed E-state index contributed by atoms with van der Waals surface area (Å²) in [5.74, 6) is -0.667. The molecule has 0 saturated carbocycles. The van der Waals surface area contributed by atoms with Gasteiger partial charge < -0.3 is 9.99 Å². The van der Waals surface area contributed by atoms with E-state index in [1.165, 1.54) is 6.08 Å². The Morgan fingerprint density at radius 1 is 0.857 bits per heavy atom. The molecule has 0 saturated heterocycles. The third-order valence-electron chi connectivity index (χ3n) is 3.18. The highest BCUT2D eigenvalue weighted by atomic mass is 17.3. The normalized spacial score (nSPS) is 24.9. The van der Waals surface area contributed by atoms with E-state index >= 15 is 0 Å². The summed E-state index contributed by atoms with van der Waals surface area (Å²) in [6.07, 6.45) is 22.5. The molecule has 7 nitrogen and oxygen atoms in total. The highest BCUT2D eigenvalue weighted by molar-refractivity contribution is 5.89. The number of para-hydroxylation sites is 1. The second-order valence-electron chi connectivity index (χ2n) is 5.16. The maximum absolute atomic E-state index is 11.2. The zero-order chi connectivity index (χ0) is 19.9. The van der Waals surface area contributed by atoms with Gasteiger partial charge in [-0.2, -0.15) is 0 Å². The van der Waals surface area contributed by atoms with Crippen molar-refractivity contribution < 1.29 is 19.8 Å². The van der Waals surface area contributed by atoms with Crippen LogP contribution in [0.5, 0.6) is 5.75 Å². The van der Waals surface area contributed by atoms with E-state index in [0.29, 0.717) is 5.75 Å². The Labute approximate surface area is 162 Å². The van der Waals surface area contributed by atoms with Gasteiger partial charge in [-0.15, -0.1) is 10.7 Å². The standard InChI is InChI=1S/C21H19N3O4/c25-21(26)19-15-10-8-6-4-2-1-3-5-7-9-13-18-14-11-12-16-20(18)27-28-24-23-22-17-19/h1-17H,(H,22,24)(H,25,26)/b3-1-,4-2-,7-5-,8-6+,13-9-,15-10-,19-17+. The lowest BCUT2D eigenvalue weighted by molar-refractivity contribution is -0.259. The van der Waals surface area contributed by atoms with E-state index in [0.717, 1.165) is 11.8 Å². The highest BCUT2D eigenvalue weighted by Gasteiger charge is 2.02. The third kappa shape index (κ3) is 7.94. The number of carbonyl (C=O) groups is 1. The van der Waals surface area contributed by atoms with Crippen molar-refractivity contribution in [2.45, 2.75) is 0 Å². The van der Waals surface area contributed by atoms with Crippen LogP contribution in [0, 0.1) is 0 Å². The Hall–Kier alpha value is -3.97. The number of carboxylic acids is 1. The van der Waals surface area contributed by atoms with E-state index in [9.17, 15) is 4.79 Å². The molecule has 7 heteroatoms. The van der Waals surface area contributed by atoms with E-state index in [2.05, 4.69) is 15.9 Å². The van der Waals surface area contributed by atoms with E-state index in [1.54, 1.807) is 30.4 Å². The molecule has 2 rings (SSSR count). The number of hydrogen-bond acceptors (Lipinski definition) is 6. The number of hydrogen-bond donors (Lipinski definition) is 2. The van der Waals surface area contributed by atoms with Crippen molar-refractivity contribution in [3.05, 3.63) is 108 Å². The maximum atomic E-state index is 11.2. The van der Waals surface area contributed by atoms with E-state index in [1.807, 2.05) is 60.7 Å². The second-order valence-corrected chi connectivity index (χ2v) is 5.16. The third-order valence-corrected chi connectivity index (χ3v) is 3.18. The lowest BCUT2D eigenvalue weighted by Gasteiger charge is -2.04. The second kappa shape index (κ2) is 12.4. The first-order chi connectivity index (χ1) is 13.8. The molecule has 0 spiro atoms. The van der Waals surface area contributed by atoms with Crippen LogP contribution >= 0.6 is 0 Å². The molecule has 0 amide bonds. The molecule has 0 aromatic heterocycles. The Morgan fingerprint density at radius 3 is 2.14 bits per heavy atom. The van der Waals surface area contributed by atoms with Crippen LogP contribution in [-0.4, -0.2) is 11.1 Å². The molecule has 0 radical (unpaired) electrons. The van der Waals surface area contributed by atoms with Crippen LogP contribution < -0.4 is 10.5 Å². The monoisotopic (exact) mass is 377 g/mol. The highest BCUT2D eigenvalue weighted by Crippen LogP contribution is 2.19. The number of nitrogens with one attached hydrogen (secondary N) is 1. The van der Waals surface area contributed by atoms with Gasteiger partial charge in [0.1, 0.15) is 0 Å². The summed E-state index contributed by atoms with van der Waals surface area (Å²) < 4.78 is 0. The lowest BCUT2D eigenvalue weighted by atomic mass is 10.2. The summed E-state index contributed by atoms with van der Waals surface area (Å²) in [5.41, 5.74) is 2.87. The number of carboxylic acid groups (broad SMARTS) is 1. The van der Waals surface area contributed by atoms with Crippen LogP contribution in [-0.2, 0) is 9.78 Å². The predicted molar refractivity (Wildman–Crippen MR) is 107 cm³/mol. The van der Waals surface area contributed by atoms with Crippen LogP contribution in [0.4, 0.5) is 0 Å². The van der Waals surface area contributed by atoms with Gasteiger partial charge in [-0.25, -0.2) is 4.79 Å². The molecule has 1 aromatic carbocycles. The number of rotatable bonds is 1. The fourth-order valence-corrected chi connectivity index (χ4v) is 1.89. The van der Waals surface area contributed by atoms with Crippen LogP contribution in [0.1, 0.15) is 5.56 Å². The maximum Gasteiger partial charge on any atom is 0.337 e. The zero-order valence-electron chi connectivity index (χ0n) is 14.9. The topological polar surface area (TPSA) is 92.5 Å². The molecule has 1 heterocycles. The predicted octanol–water partition coefficient (Wildman–Crippen LogP) is 4.65. The summed E-state index contributed by atoms with van der Waals surface area (Å²) in [7, 11) is 0. The molecule has 1 aliphatic heterocycles. The van der Waals surface area contributed by atoms with Crippen molar-refractivity contribution in [2.75, 3.05) is 0 Å². The molecule has 0 unspecified atom stereocenters. The molecule has 1 aliphatic rings. The Kier molecular flexibility index (Phi) is 9.00. The van der Waals surface area contributed by atoms with Gasteiger partial charge in [-0.1, -0.05) is 85.0 Å².